The Hall–Kier alpha value is -1.25. The molecule has 0 aromatic rings. The minimum Gasteiger partial charge on any atom is -0.295 e. The molecule has 3 heteroatoms. The molecule has 0 saturated heterocycles. The lowest BCUT2D eigenvalue weighted by Gasteiger charge is -1.99. The highest BCUT2D eigenvalue weighted by atomic mass is 16.1. The number of nitrogens with zero attached hydrogens (tertiary/aromatic N) is 2. The second kappa shape index (κ2) is 3.65. The zero-order chi connectivity index (χ0) is 11.1. The van der Waals surface area contributed by atoms with Gasteiger partial charge in [0.15, 0.2) is 5.78 Å². The standard InChI is InChI=1S/C13H16N2O/c1-8(16)2-3-9-6-10(9)7-11-12-4-5-13(11)15-14-12/h2-3,7,9-10,12-13H,4-6H2,1H3/b3-2+,11-7?/t9-,10-,12?,13?/m1/s1. The summed E-state index contributed by atoms with van der Waals surface area (Å²) in [6, 6.07) is 0.783. The van der Waals surface area contributed by atoms with Crippen LogP contribution in [0.15, 0.2) is 34.0 Å². The Morgan fingerprint density at radius 1 is 1.25 bits per heavy atom. The molecule has 0 N–H and O–H groups in total. The Morgan fingerprint density at radius 3 is 2.50 bits per heavy atom. The van der Waals surface area contributed by atoms with Gasteiger partial charge in [-0.25, -0.2) is 0 Å². The Bertz CT molecular complexity index is 392. The highest BCUT2D eigenvalue weighted by Crippen LogP contribution is 2.45. The molecule has 0 amide bonds. The van der Waals surface area contributed by atoms with Crippen LogP contribution in [0, 0.1) is 11.8 Å². The summed E-state index contributed by atoms with van der Waals surface area (Å²) in [6.07, 6.45) is 9.67. The van der Waals surface area contributed by atoms with Crippen LogP contribution in [-0.4, -0.2) is 17.9 Å². The quantitative estimate of drug-likeness (QED) is 0.528. The smallest absolute Gasteiger partial charge is 0.152 e. The van der Waals surface area contributed by atoms with Gasteiger partial charge in [-0.05, 0) is 49.7 Å². The second-order valence-electron chi connectivity index (χ2n) is 5.04. The largest absolute Gasteiger partial charge is 0.295 e. The Kier molecular flexibility index (Phi) is 2.27. The van der Waals surface area contributed by atoms with E-state index in [-0.39, 0.29) is 5.78 Å². The number of hydrogen-bond acceptors (Lipinski definition) is 3. The van der Waals surface area contributed by atoms with Crippen molar-refractivity contribution in [2.45, 2.75) is 38.3 Å². The predicted molar refractivity (Wildman–Crippen MR) is 61.2 cm³/mol. The Morgan fingerprint density at radius 2 is 1.94 bits per heavy atom. The van der Waals surface area contributed by atoms with Gasteiger partial charge < -0.3 is 0 Å². The molecule has 2 aliphatic carbocycles. The SMILES string of the molecule is CC(=O)/C=C/[C@@H]1C[C@@H]1C=C1C2CCC1N=N2. The molecule has 2 bridgehead atoms. The summed E-state index contributed by atoms with van der Waals surface area (Å²) >= 11 is 0. The normalized spacial score (nSPS) is 39.7. The Labute approximate surface area is 95.3 Å². The van der Waals surface area contributed by atoms with Crippen LogP contribution < -0.4 is 0 Å². The summed E-state index contributed by atoms with van der Waals surface area (Å²) in [5, 5.41) is 8.50. The monoisotopic (exact) mass is 216 g/mol. The van der Waals surface area contributed by atoms with Crippen molar-refractivity contribution in [3.05, 3.63) is 23.8 Å². The summed E-state index contributed by atoms with van der Waals surface area (Å²) in [6.45, 7) is 1.60. The van der Waals surface area contributed by atoms with Crippen LogP contribution >= 0.6 is 0 Å². The number of fused-ring (bicyclic) bond motifs is 2. The first-order valence-electron chi connectivity index (χ1n) is 6.04. The minimum absolute atomic E-state index is 0.143. The molecule has 16 heavy (non-hydrogen) atoms. The van der Waals surface area contributed by atoms with Gasteiger partial charge in [-0.1, -0.05) is 12.2 Å². The van der Waals surface area contributed by atoms with E-state index in [2.05, 4.69) is 22.4 Å². The number of ketones is 1. The van der Waals surface area contributed by atoms with E-state index in [1.54, 1.807) is 13.0 Å². The molecule has 3 aliphatic rings. The van der Waals surface area contributed by atoms with Gasteiger partial charge in [-0.3, -0.25) is 4.79 Å². The molecule has 1 heterocycles. The second-order valence-corrected chi connectivity index (χ2v) is 5.04. The highest BCUT2D eigenvalue weighted by Gasteiger charge is 2.39. The third kappa shape index (κ3) is 1.75. The van der Waals surface area contributed by atoms with Crippen molar-refractivity contribution < 1.29 is 4.79 Å². The molecule has 2 saturated carbocycles. The van der Waals surface area contributed by atoms with Gasteiger partial charge >= 0.3 is 0 Å². The number of hydrogen-bond donors (Lipinski definition) is 0. The average molecular weight is 216 g/mol. The lowest BCUT2D eigenvalue weighted by molar-refractivity contribution is -0.112. The first kappa shape index (κ1) is 9.94. The van der Waals surface area contributed by atoms with E-state index in [1.807, 2.05) is 0 Å². The number of allylic oxidation sites excluding steroid dienone is 3. The third-order valence-corrected chi connectivity index (χ3v) is 3.70. The maximum Gasteiger partial charge on any atom is 0.152 e. The Balaban J connectivity index is 1.62. The van der Waals surface area contributed by atoms with E-state index in [4.69, 9.17) is 0 Å². The maximum atomic E-state index is 10.8. The maximum absolute atomic E-state index is 10.8. The number of carbonyl (C=O) groups excluding carboxylic acids is 1. The fourth-order valence-corrected chi connectivity index (χ4v) is 2.66. The fraction of sp³-hybridized carbons (Fsp3) is 0.615. The molecule has 0 aromatic carbocycles. The van der Waals surface area contributed by atoms with E-state index >= 15 is 0 Å². The number of carbonyl (C=O) groups is 1. The molecule has 4 atom stereocenters. The van der Waals surface area contributed by atoms with Crippen LogP contribution in [0.3, 0.4) is 0 Å². The van der Waals surface area contributed by atoms with E-state index in [1.165, 1.54) is 24.8 Å². The van der Waals surface area contributed by atoms with Crippen molar-refractivity contribution >= 4 is 5.78 Å². The molecule has 3 nitrogen and oxygen atoms in total. The average Bonchev–Trinajstić information content (AvgIpc) is 2.77. The van der Waals surface area contributed by atoms with Gasteiger partial charge in [-0.2, -0.15) is 10.2 Å². The van der Waals surface area contributed by atoms with E-state index in [9.17, 15) is 4.79 Å². The summed E-state index contributed by atoms with van der Waals surface area (Å²) in [5.41, 5.74) is 1.45. The fourth-order valence-electron chi connectivity index (χ4n) is 2.66. The van der Waals surface area contributed by atoms with Crippen molar-refractivity contribution in [3.63, 3.8) is 0 Å². The van der Waals surface area contributed by atoms with Crippen molar-refractivity contribution in [1.29, 1.82) is 0 Å². The molecule has 0 aromatic heterocycles. The summed E-state index contributed by atoms with van der Waals surface area (Å²) < 4.78 is 0. The molecule has 2 unspecified atom stereocenters. The van der Waals surface area contributed by atoms with Crippen molar-refractivity contribution in [3.8, 4) is 0 Å². The van der Waals surface area contributed by atoms with Crippen LogP contribution in [0.4, 0.5) is 0 Å². The van der Waals surface area contributed by atoms with Gasteiger partial charge in [0.1, 0.15) is 0 Å². The van der Waals surface area contributed by atoms with Crippen molar-refractivity contribution in [1.82, 2.24) is 0 Å². The lowest BCUT2D eigenvalue weighted by Crippen LogP contribution is -1.99. The van der Waals surface area contributed by atoms with Crippen LogP contribution in [0.25, 0.3) is 0 Å². The molecule has 0 spiro atoms. The number of azo groups is 1. The molecule has 3 rings (SSSR count). The van der Waals surface area contributed by atoms with Crippen molar-refractivity contribution in [2.24, 2.45) is 22.1 Å². The molecular weight excluding hydrogens is 200 g/mol. The van der Waals surface area contributed by atoms with E-state index < -0.39 is 0 Å². The predicted octanol–water partition coefficient (Wildman–Crippen LogP) is 2.69. The zero-order valence-electron chi connectivity index (χ0n) is 9.47. The zero-order valence-corrected chi connectivity index (χ0v) is 9.47. The lowest BCUT2D eigenvalue weighted by atomic mass is 10.1. The minimum atomic E-state index is 0.143. The molecule has 0 radical (unpaired) electrons. The topological polar surface area (TPSA) is 41.8 Å². The summed E-state index contributed by atoms with van der Waals surface area (Å²) in [5.74, 6) is 1.36. The van der Waals surface area contributed by atoms with Crippen LogP contribution in [0.5, 0.6) is 0 Å². The molecular formula is C13H16N2O. The highest BCUT2D eigenvalue weighted by molar-refractivity contribution is 5.87. The summed E-state index contributed by atoms with van der Waals surface area (Å²) in [4.78, 5) is 10.8. The molecule has 1 aliphatic heterocycles. The van der Waals surface area contributed by atoms with Gasteiger partial charge in [0.05, 0.1) is 12.1 Å². The first-order valence-corrected chi connectivity index (χ1v) is 6.04. The van der Waals surface area contributed by atoms with Crippen LogP contribution in [-0.2, 0) is 4.79 Å². The van der Waals surface area contributed by atoms with Gasteiger partial charge in [-0.15, -0.1) is 0 Å². The van der Waals surface area contributed by atoms with Crippen molar-refractivity contribution in [2.75, 3.05) is 0 Å². The van der Waals surface area contributed by atoms with Crippen LogP contribution in [0.1, 0.15) is 26.2 Å². The molecule has 2 fully saturated rings. The van der Waals surface area contributed by atoms with Gasteiger partial charge in [0.2, 0.25) is 0 Å². The van der Waals surface area contributed by atoms with Gasteiger partial charge in [0, 0.05) is 0 Å². The third-order valence-electron chi connectivity index (χ3n) is 3.70. The summed E-state index contributed by atoms with van der Waals surface area (Å²) in [7, 11) is 0. The van der Waals surface area contributed by atoms with E-state index in [0.717, 1.165) is 0 Å². The first-order chi connectivity index (χ1) is 7.74. The van der Waals surface area contributed by atoms with Crippen LogP contribution in [0.2, 0.25) is 0 Å². The number of rotatable bonds is 3. The molecule has 84 valence electrons. The van der Waals surface area contributed by atoms with Gasteiger partial charge in [0.25, 0.3) is 0 Å². The van der Waals surface area contributed by atoms with E-state index in [0.29, 0.717) is 23.9 Å².